The number of nitriles is 1. The number of hydrogen-bond donors (Lipinski definition) is 0. The number of hydrogen-bond acceptors (Lipinski definition) is 2. The molecular formula is C16H28N2. The van der Waals surface area contributed by atoms with E-state index >= 15 is 0 Å². The SMILES string of the molecule is CCC1CCN(C2CC(CC)CCC2C#N)CC1. The van der Waals surface area contributed by atoms with Crippen LogP contribution in [0, 0.1) is 29.1 Å². The molecule has 0 bridgehead atoms. The molecule has 0 aromatic rings. The van der Waals surface area contributed by atoms with E-state index in [9.17, 15) is 5.26 Å². The van der Waals surface area contributed by atoms with Gasteiger partial charge >= 0.3 is 0 Å². The minimum atomic E-state index is 0.297. The highest BCUT2D eigenvalue weighted by molar-refractivity contribution is 4.98. The second kappa shape index (κ2) is 6.57. The van der Waals surface area contributed by atoms with Crippen LogP contribution in [0.3, 0.4) is 0 Å². The molecule has 2 fully saturated rings. The molecule has 0 amide bonds. The summed E-state index contributed by atoms with van der Waals surface area (Å²) in [6.07, 6.45) is 9.00. The average Bonchev–Trinajstić information content (AvgIpc) is 2.46. The van der Waals surface area contributed by atoms with E-state index in [-0.39, 0.29) is 0 Å². The first-order valence-electron chi connectivity index (χ1n) is 7.92. The highest BCUT2D eigenvalue weighted by Crippen LogP contribution is 2.35. The lowest BCUT2D eigenvalue weighted by molar-refractivity contribution is 0.0660. The van der Waals surface area contributed by atoms with Gasteiger partial charge in [0.1, 0.15) is 0 Å². The molecule has 1 aliphatic heterocycles. The van der Waals surface area contributed by atoms with E-state index in [2.05, 4.69) is 24.8 Å². The van der Waals surface area contributed by atoms with Crippen molar-refractivity contribution in [3.8, 4) is 6.07 Å². The van der Waals surface area contributed by atoms with Crippen LogP contribution in [0.4, 0.5) is 0 Å². The summed E-state index contributed by atoms with van der Waals surface area (Å²) in [5.41, 5.74) is 0. The van der Waals surface area contributed by atoms with Crippen molar-refractivity contribution < 1.29 is 0 Å². The Labute approximate surface area is 112 Å². The zero-order valence-corrected chi connectivity index (χ0v) is 12.1. The summed E-state index contributed by atoms with van der Waals surface area (Å²) in [5.74, 6) is 2.10. The summed E-state index contributed by atoms with van der Waals surface area (Å²) in [6.45, 7) is 7.08. The maximum atomic E-state index is 9.37. The number of rotatable bonds is 3. The van der Waals surface area contributed by atoms with E-state index in [4.69, 9.17) is 0 Å². The molecule has 2 rings (SSSR count). The molecule has 0 N–H and O–H groups in total. The zero-order valence-electron chi connectivity index (χ0n) is 12.1. The van der Waals surface area contributed by atoms with Gasteiger partial charge in [-0.3, -0.25) is 4.90 Å². The van der Waals surface area contributed by atoms with Crippen molar-refractivity contribution in [3.05, 3.63) is 0 Å². The first kappa shape index (κ1) is 13.9. The van der Waals surface area contributed by atoms with Crippen LogP contribution in [-0.2, 0) is 0 Å². The van der Waals surface area contributed by atoms with Gasteiger partial charge in [0.15, 0.2) is 0 Å². The van der Waals surface area contributed by atoms with Crippen LogP contribution < -0.4 is 0 Å². The Bertz CT molecular complexity index is 286. The van der Waals surface area contributed by atoms with Crippen molar-refractivity contribution in [2.24, 2.45) is 17.8 Å². The molecule has 0 spiro atoms. The van der Waals surface area contributed by atoms with E-state index in [1.165, 1.54) is 51.6 Å². The maximum absolute atomic E-state index is 9.37. The van der Waals surface area contributed by atoms with Crippen LogP contribution in [0.15, 0.2) is 0 Å². The fourth-order valence-corrected chi connectivity index (χ4v) is 3.85. The molecule has 3 atom stereocenters. The van der Waals surface area contributed by atoms with Gasteiger partial charge in [-0.25, -0.2) is 0 Å². The van der Waals surface area contributed by atoms with E-state index < -0.39 is 0 Å². The summed E-state index contributed by atoms with van der Waals surface area (Å²) in [7, 11) is 0. The molecule has 2 aliphatic rings. The van der Waals surface area contributed by atoms with Crippen LogP contribution in [0.1, 0.15) is 58.8 Å². The van der Waals surface area contributed by atoms with Gasteiger partial charge in [0.25, 0.3) is 0 Å². The van der Waals surface area contributed by atoms with Crippen LogP contribution >= 0.6 is 0 Å². The van der Waals surface area contributed by atoms with E-state index in [0.29, 0.717) is 12.0 Å². The van der Waals surface area contributed by atoms with Crippen LogP contribution in [0.5, 0.6) is 0 Å². The molecule has 102 valence electrons. The summed E-state index contributed by atoms with van der Waals surface area (Å²) >= 11 is 0. The molecule has 0 radical (unpaired) electrons. The van der Waals surface area contributed by atoms with Crippen LogP contribution in [0.2, 0.25) is 0 Å². The average molecular weight is 248 g/mol. The van der Waals surface area contributed by atoms with Gasteiger partial charge in [0.2, 0.25) is 0 Å². The fourth-order valence-electron chi connectivity index (χ4n) is 3.85. The van der Waals surface area contributed by atoms with Gasteiger partial charge in [-0.15, -0.1) is 0 Å². The minimum Gasteiger partial charge on any atom is -0.299 e. The van der Waals surface area contributed by atoms with Crippen LogP contribution in [-0.4, -0.2) is 24.0 Å². The zero-order chi connectivity index (χ0) is 13.0. The highest BCUT2D eigenvalue weighted by Gasteiger charge is 2.35. The predicted octanol–water partition coefficient (Wildman–Crippen LogP) is 3.83. The lowest BCUT2D eigenvalue weighted by Crippen LogP contribution is -2.47. The van der Waals surface area contributed by atoms with E-state index in [1.807, 2.05) is 0 Å². The molecule has 18 heavy (non-hydrogen) atoms. The van der Waals surface area contributed by atoms with Gasteiger partial charge in [-0.1, -0.05) is 26.7 Å². The third-order valence-corrected chi connectivity index (χ3v) is 5.36. The molecule has 1 saturated heterocycles. The van der Waals surface area contributed by atoms with Crippen LogP contribution in [0.25, 0.3) is 0 Å². The largest absolute Gasteiger partial charge is 0.299 e. The predicted molar refractivity (Wildman–Crippen MR) is 75.1 cm³/mol. The third-order valence-electron chi connectivity index (χ3n) is 5.36. The van der Waals surface area contributed by atoms with Crippen molar-refractivity contribution in [1.29, 1.82) is 5.26 Å². The lowest BCUT2D eigenvalue weighted by Gasteiger charge is -2.43. The minimum absolute atomic E-state index is 0.297. The van der Waals surface area contributed by atoms with Gasteiger partial charge < -0.3 is 0 Å². The Balaban J connectivity index is 1.94. The Morgan fingerprint density at radius 3 is 2.22 bits per heavy atom. The van der Waals surface area contributed by atoms with Crippen molar-refractivity contribution in [1.82, 2.24) is 4.90 Å². The van der Waals surface area contributed by atoms with Gasteiger partial charge in [0, 0.05) is 6.04 Å². The number of nitrogens with zero attached hydrogens (tertiary/aromatic N) is 2. The monoisotopic (exact) mass is 248 g/mol. The Morgan fingerprint density at radius 1 is 1.00 bits per heavy atom. The normalized spacial score (nSPS) is 35.3. The molecule has 0 aromatic carbocycles. The highest BCUT2D eigenvalue weighted by atomic mass is 15.2. The Morgan fingerprint density at radius 2 is 1.67 bits per heavy atom. The summed E-state index contributed by atoms with van der Waals surface area (Å²) in [5, 5.41) is 9.37. The number of piperidine rings is 1. The summed E-state index contributed by atoms with van der Waals surface area (Å²) in [6, 6.07) is 3.14. The molecule has 1 aliphatic carbocycles. The fraction of sp³-hybridized carbons (Fsp3) is 0.938. The standard InChI is InChI=1S/C16H28N2/c1-3-13-7-9-18(10-8-13)16-11-14(4-2)5-6-15(16)12-17/h13-16H,3-11H2,1-2H3. The quantitative estimate of drug-likeness (QED) is 0.759. The molecule has 3 unspecified atom stereocenters. The second-order valence-corrected chi connectivity index (χ2v) is 6.28. The van der Waals surface area contributed by atoms with E-state index in [0.717, 1.165) is 18.3 Å². The molecule has 1 heterocycles. The second-order valence-electron chi connectivity index (χ2n) is 6.28. The smallest absolute Gasteiger partial charge is 0.0672 e. The van der Waals surface area contributed by atoms with Crippen molar-refractivity contribution in [2.45, 2.75) is 64.8 Å². The summed E-state index contributed by atoms with van der Waals surface area (Å²) in [4.78, 5) is 2.64. The van der Waals surface area contributed by atoms with Crippen molar-refractivity contribution >= 4 is 0 Å². The third kappa shape index (κ3) is 3.06. The molecular weight excluding hydrogens is 220 g/mol. The molecule has 2 nitrogen and oxygen atoms in total. The Hall–Kier alpha value is -0.550. The van der Waals surface area contributed by atoms with E-state index in [1.54, 1.807) is 0 Å². The molecule has 1 saturated carbocycles. The number of likely N-dealkylation sites (tertiary alicyclic amines) is 1. The topological polar surface area (TPSA) is 27.0 Å². The lowest BCUT2D eigenvalue weighted by atomic mass is 9.76. The van der Waals surface area contributed by atoms with Gasteiger partial charge in [-0.2, -0.15) is 5.26 Å². The van der Waals surface area contributed by atoms with Crippen molar-refractivity contribution in [2.75, 3.05) is 13.1 Å². The first-order valence-corrected chi connectivity index (χ1v) is 7.92. The molecule has 0 aromatic heterocycles. The Kier molecular flexibility index (Phi) is 5.06. The maximum Gasteiger partial charge on any atom is 0.0672 e. The molecule has 2 heteroatoms. The van der Waals surface area contributed by atoms with Crippen molar-refractivity contribution in [3.63, 3.8) is 0 Å². The summed E-state index contributed by atoms with van der Waals surface area (Å²) < 4.78 is 0. The first-order chi connectivity index (χ1) is 8.78. The van der Waals surface area contributed by atoms with Gasteiger partial charge in [-0.05, 0) is 57.0 Å². The van der Waals surface area contributed by atoms with Gasteiger partial charge in [0.05, 0.1) is 12.0 Å².